The van der Waals surface area contributed by atoms with E-state index in [0.717, 1.165) is 21.8 Å². The molecule has 4 N–H and O–H groups in total. The fourth-order valence-electron chi connectivity index (χ4n) is 2.49. The van der Waals surface area contributed by atoms with Crippen molar-refractivity contribution in [1.29, 1.82) is 0 Å². The number of hydrogen-bond donors (Lipinski definition) is 4. The zero-order valence-electron chi connectivity index (χ0n) is 10.8. The van der Waals surface area contributed by atoms with Crippen molar-refractivity contribution in [3.05, 3.63) is 42.2 Å². The maximum atomic E-state index is 10.2. The molecule has 20 heavy (non-hydrogen) atoms. The summed E-state index contributed by atoms with van der Waals surface area (Å²) in [7, 11) is 0. The summed E-state index contributed by atoms with van der Waals surface area (Å²) < 4.78 is 0. The van der Waals surface area contributed by atoms with Crippen LogP contribution in [0.3, 0.4) is 0 Å². The van der Waals surface area contributed by atoms with E-state index in [2.05, 4.69) is 9.97 Å². The van der Waals surface area contributed by atoms with E-state index in [1.165, 1.54) is 0 Å². The molecule has 2 atom stereocenters. The van der Waals surface area contributed by atoms with Gasteiger partial charge in [0.2, 0.25) is 0 Å². The molecule has 0 aliphatic heterocycles. The number of H-pyrrole nitrogens is 1. The summed E-state index contributed by atoms with van der Waals surface area (Å²) in [5, 5.41) is 30.6. The number of rotatable bonds is 4. The van der Waals surface area contributed by atoms with E-state index >= 15 is 0 Å². The Morgan fingerprint density at radius 1 is 1.10 bits per heavy atom. The first-order chi connectivity index (χ1) is 9.70. The number of aliphatic hydroxyl groups is 3. The molecule has 2 heterocycles. The smallest absolute Gasteiger partial charge is 0.101 e. The van der Waals surface area contributed by atoms with Gasteiger partial charge in [0, 0.05) is 28.9 Å². The van der Waals surface area contributed by atoms with Gasteiger partial charge in [-0.15, -0.1) is 0 Å². The predicted octanol–water partition coefficient (Wildman–Crippen LogP) is 1.49. The topological polar surface area (TPSA) is 89.4 Å². The van der Waals surface area contributed by atoms with Crippen LogP contribution in [0, 0.1) is 0 Å². The van der Waals surface area contributed by atoms with Gasteiger partial charge < -0.3 is 20.3 Å². The number of hydrogen-bond acceptors (Lipinski definition) is 4. The van der Waals surface area contributed by atoms with Crippen LogP contribution in [0.2, 0.25) is 0 Å². The SMILES string of the molecule is OC[C@@H](O)C[C@@H](O)c1nccc2c1[nH]c1ccccc12. The first-order valence-electron chi connectivity index (χ1n) is 6.53. The highest BCUT2D eigenvalue weighted by Crippen LogP contribution is 2.30. The van der Waals surface area contributed by atoms with E-state index in [0.29, 0.717) is 5.69 Å². The van der Waals surface area contributed by atoms with Crippen LogP contribution in [-0.2, 0) is 0 Å². The van der Waals surface area contributed by atoms with E-state index in [4.69, 9.17) is 5.11 Å². The molecule has 0 spiro atoms. The molecule has 0 saturated carbocycles. The molecular formula is C15H16N2O3. The average Bonchev–Trinajstić information content (AvgIpc) is 2.85. The van der Waals surface area contributed by atoms with Gasteiger partial charge in [0.05, 0.1) is 23.9 Å². The number of pyridine rings is 1. The van der Waals surface area contributed by atoms with Crippen LogP contribution in [0.25, 0.3) is 21.8 Å². The molecule has 3 rings (SSSR count). The summed E-state index contributed by atoms with van der Waals surface area (Å²) in [6.45, 7) is -0.375. The summed E-state index contributed by atoms with van der Waals surface area (Å²) >= 11 is 0. The normalized spacial score (nSPS) is 14.8. The second-order valence-corrected chi connectivity index (χ2v) is 4.88. The lowest BCUT2D eigenvalue weighted by molar-refractivity contribution is 0.0403. The molecule has 5 nitrogen and oxygen atoms in total. The van der Waals surface area contributed by atoms with Gasteiger partial charge in [-0.1, -0.05) is 18.2 Å². The second-order valence-electron chi connectivity index (χ2n) is 4.88. The van der Waals surface area contributed by atoms with Crippen molar-refractivity contribution in [1.82, 2.24) is 9.97 Å². The van der Waals surface area contributed by atoms with Crippen LogP contribution in [0.5, 0.6) is 0 Å². The number of para-hydroxylation sites is 1. The van der Waals surface area contributed by atoms with E-state index < -0.39 is 12.2 Å². The van der Waals surface area contributed by atoms with E-state index in [1.54, 1.807) is 6.20 Å². The quantitative estimate of drug-likeness (QED) is 0.579. The fourth-order valence-corrected chi connectivity index (χ4v) is 2.49. The Bertz CT molecular complexity index is 738. The highest BCUT2D eigenvalue weighted by Gasteiger charge is 2.18. The highest BCUT2D eigenvalue weighted by atomic mass is 16.3. The van der Waals surface area contributed by atoms with Crippen molar-refractivity contribution >= 4 is 21.8 Å². The third-order valence-corrected chi connectivity index (χ3v) is 3.48. The lowest BCUT2D eigenvalue weighted by atomic mass is 10.1. The molecule has 0 saturated heterocycles. The molecular weight excluding hydrogens is 256 g/mol. The highest BCUT2D eigenvalue weighted by molar-refractivity contribution is 6.07. The lowest BCUT2D eigenvalue weighted by Gasteiger charge is -2.13. The summed E-state index contributed by atoms with van der Waals surface area (Å²) in [6.07, 6.45) is -0.176. The van der Waals surface area contributed by atoms with Crippen LogP contribution < -0.4 is 0 Å². The van der Waals surface area contributed by atoms with Crippen LogP contribution in [0.4, 0.5) is 0 Å². The largest absolute Gasteiger partial charge is 0.394 e. The molecule has 5 heteroatoms. The third-order valence-electron chi connectivity index (χ3n) is 3.48. The lowest BCUT2D eigenvalue weighted by Crippen LogP contribution is -2.17. The Morgan fingerprint density at radius 3 is 2.70 bits per heavy atom. The number of nitrogens with zero attached hydrogens (tertiary/aromatic N) is 1. The van der Waals surface area contributed by atoms with E-state index in [9.17, 15) is 10.2 Å². The van der Waals surface area contributed by atoms with Crippen LogP contribution >= 0.6 is 0 Å². The van der Waals surface area contributed by atoms with Crippen molar-refractivity contribution < 1.29 is 15.3 Å². The Balaban J connectivity index is 2.11. The molecule has 2 aromatic heterocycles. The Morgan fingerprint density at radius 2 is 1.90 bits per heavy atom. The summed E-state index contributed by atoms with van der Waals surface area (Å²) in [5.74, 6) is 0. The minimum atomic E-state index is -0.952. The molecule has 104 valence electrons. The molecule has 3 aromatic rings. The zero-order chi connectivity index (χ0) is 14.1. The van der Waals surface area contributed by atoms with Crippen LogP contribution in [-0.4, -0.2) is 38.0 Å². The minimum absolute atomic E-state index is 0.0536. The molecule has 0 amide bonds. The average molecular weight is 272 g/mol. The third kappa shape index (κ3) is 2.16. The number of benzene rings is 1. The van der Waals surface area contributed by atoms with Gasteiger partial charge in [-0.3, -0.25) is 4.98 Å². The van der Waals surface area contributed by atoms with Crippen molar-refractivity contribution in [2.45, 2.75) is 18.6 Å². The van der Waals surface area contributed by atoms with Gasteiger partial charge in [-0.25, -0.2) is 0 Å². The van der Waals surface area contributed by atoms with Gasteiger partial charge in [-0.2, -0.15) is 0 Å². The standard InChI is InChI=1S/C15H16N2O3/c18-8-9(19)7-13(20)15-14-11(5-6-16-15)10-3-1-2-4-12(10)17-14/h1-6,9,13,17-20H,7-8H2/t9-,13+/m0/s1. The van der Waals surface area contributed by atoms with Gasteiger partial charge in [0.25, 0.3) is 0 Å². The van der Waals surface area contributed by atoms with Crippen LogP contribution in [0.15, 0.2) is 36.5 Å². The van der Waals surface area contributed by atoms with Gasteiger partial charge in [0.1, 0.15) is 6.10 Å². The second kappa shape index (κ2) is 5.20. The Labute approximate surface area is 115 Å². The van der Waals surface area contributed by atoms with Crippen molar-refractivity contribution in [3.8, 4) is 0 Å². The van der Waals surface area contributed by atoms with Crippen molar-refractivity contribution in [2.24, 2.45) is 0 Å². The van der Waals surface area contributed by atoms with Gasteiger partial charge in [0.15, 0.2) is 0 Å². The predicted molar refractivity (Wildman–Crippen MR) is 76.3 cm³/mol. The van der Waals surface area contributed by atoms with Crippen molar-refractivity contribution in [3.63, 3.8) is 0 Å². The first-order valence-corrected chi connectivity index (χ1v) is 6.53. The van der Waals surface area contributed by atoms with Crippen LogP contribution in [0.1, 0.15) is 18.2 Å². The summed E-state index contributed by atoms with van der Waals surface area (Å²) in [6, 6.07) is 9.77. The fraction of sp³-hybridized carbons (Fsp3) is 0.267. The van der Waals surface area contributed by atoms with Crippen molar-refractivity contribution in [2.75, 3.05) is 6.61 Å². The Hall–Kier alpha value is -1.95. The summed E-state index contributed by atoms with van der Waals surface area (Å²) in [4.78, 5) is 7.47. The van der Waals surface area contributed by atoms with Gasteiger partial charge in [-0.05, 0) is 12.1 Å². The van der Waals surface area contributed by atoms with Gasteiger partial charge >= 0.3 is 0 Å². The molecule has 0 aliphatic rings. The Kier molecular flexibility index (Phi) is 3.40. The van der Waals surface area contributed by atoms with E-state index in [-0.39, 0.29) is 13.0 Å². The van der Waals surface area contributed by atoms with E-state index in [1.807, 2.05) is 30.3 Å². The molecule has 0 fully saturated rings. The minimum Gasteiger partial charge on any atom is -0.394 e. The maximum Gasteiger partial charge on any atom is 0.101 e. The monoisotopic (exact) mass is 272 g/mol. The number of aromatic nitrogens is 2. The number of fused-ring (bicyclic) bond motifs is 3. The molecule has 0 unspecified atom stereocenters. The maximum absolute atomic E-state index is 10.2. The first kappa shape index (κ1) is 13.1. The summed E-state index contributed by atoms with van der Waals surface area (Å²) in [5.41, 5.74) is 2.24. The number of nitrogens with one attached hydrogen (secondary N) is 1. The number of aliphatic hydroxyl groups excluding tert-OH is 3. The molecule has 0 aliphatic carbocycles. The zero-order valence-corrected chi connectivity index (χ0v) is 10.8. The molecule has 0 bridgehead atoms. The number of aromatic amines is 1. The molecule has 0 radical (unpaired) electrons. The molecule has 1 aromatic carbocycles.